The lowest BCUT2D eigenvalue weighted by atomic mass is 9.65. The van der Waals surface area contributed by atoms with E-state index in [0.29, 0.717) is 22.3 Å². The summed E-state index contributed by atoms with van der Waals surface area (Å²) in [7, 11) is 0.514. The Balaban J connectivity index is 2.04. The molecule has 2 rings (SSSR count). The summed E-state index contributed by atoms with van der Waals surface area (Å²) in [6, 6.07) is 0. The molecule has 1 fully saturated rings. The number of carbonyl (C=O) groups is 1. The summed E-state index contributed by atoms with van der Waals surface area (Å²) in [5.41, 5.74) is 0.483. The molecule has 2 nitrogen and oxygen atoms in total. The molecule has 23 heavy (non-hydrogen) atoms. The molecule has 0 amide bonds. The van der Waals surface area contributed by atoms with Crippen molar-refractivity contribution in [2.24, 2.45) is 28.6 Å². The van der Waals surface area contributed by atoms with E-state index in [2.05, 4.69) is 39.8 Å². The highest BCUT2D eigenvalue weighted by atomic mass is 28.2. The SMILES string of the molecule is CC(C)CCCC(CC(C)(C)CC(=O)O[SiH3])C12C=CC(CC1)C2. The fourth-order valence-electron chi connectivity index (χ4n) is 4.86. The van der Waals surface area contributed by atoms with Gasteiger partial charge in [0.2, 0.25) is 10.5 Å². The van der Waals surface area contributed by atoms with Crippen molar-refractivity contribution in [1.82, 2.24) is 0 Å². The van der Waals surface area contributed by atoms with Crippen LogP contribution in [0.25, 0.3) is 0 Å². The van der Waals surface area contributed by atoms with Gasteiger partial charge in [-0.25, -0.2) is 0 Å². The van der Waals surface area contributed by atoms with E-state index in [-0.39, 0.29) is 11.4 Å². The second-order valence-electron chi connectivity index (χ2n) is 9.24. The van der Waals surface area contributed by atoms with Crippen molar-refractivity contribution >= 4 is 16.5 Å². The van der Waals surface area contributed by atoms with Gasteiger partial charge in [0.15, 0.2) is 0 Å². The fourth-order valence-corrected chi connectivity index (χ4v) is 5.01. The molecule has 0 aromatic rings. The second-order valence-corrected chi connectivity index (χ2v) is 9.65. The molecule has 3 unspecified atom stereocenters. The Labute approximate surface area is 146 Å². The average molecular weight is 337 g/mol. The summed E-state index contributed by atoms with van der Waals surface area (Å²) in [5.74, 6) is 2.34. The van der Waals surface area contributed by atoms with Crippen LogP contribution in [0.15, 0.2) is 12.2 Å². The minimum atomic E-state index is -0.00800. The Morgan fingerprint density at radius 3 is 2.61 bits per heavy atom. The van der Waals surface area contributed by atoms with E-state index in [1.807, 2.05) is 0 Å². The average Bonchev–Trinajstić information content (AvgIpc) is 3.07. The van der Waals surface area contributed by atoms with Gasteiger partial charge in [0, 0.05) is 6.42 Å². The lowest BCUT2D eigenvalue weighted by Gasteiger charge is -2.39. The Kier molecular flexibility index (Phi) is 6.15. The zero-order valence-electron chi connectivity index (χ0n) is 15.9. The van der Waals surface area contributed by atoms with Gasteiger partial charge in [-0.1, -0.05) is 52.7 Å². The van der Waals surface area contributed by atoms with Crippen molar-refractivity contribution in [3.63, 3.8) is 0 Å². The van der Waals surface area contributed by atoms with Crippen molar-refractivity contribution in [1.29, 1.82) is 0 Å². The van der Waals surface area contributed by atoms with E-state index in [4.69, 9.17) is 4.43 Å². The molecule has 0 aromatic carbocycles. The maximum Gasteiger partial charge on any atom is 0.292 e. The molecule has 132 valence electrons. The number of fused-ring (bicyclic) bond motifs is 2. The number of hydrogen-bond donors (Lipinski definition) is 0. The number of carbonyl (C=O) groups excluding carboxylic acids is 1. The Hall–Kier alpha value is -0.573. The summed E-state index contributed by atoms with van der Waals surface area (Å²) < 4.78 is 5.05. The first-order chi connectivity index (χ1) is 10.8. The Bertz CT molecular complexity index is 441. The van der Waals surface area contributed by atoms with Crippen LogP contribution in [-0.2, 0) is 9.22 Å². The molecule has 0 saturated heterocycles. The zero-order chi connectivity index (χ0) is 17.1. The second kappa shape index (κ2) is 7.54. The van der Waals surface area contributed by atoms with Gasteiger partial charge in [-0.2, -0.15) is 0 Å². The molecule has 3 heteroatoms. The molecule has 0 aromatic heterocycles. The first-order valence-corrected chi connectivity index (χ1v) is 10.3. The van der Waals surface area contributed by atoms with E-state index >= 15 is 0 Å². The van der Waals surface area contributed by atoms with Gasteiger partial charge in [0.25, 0.3) is 5.97 Å². The summed E-state index contributed by atoms with van der Waals surface area (Å²) in [6.45, 7) is 9.14. The van der Waals surface area contributed by atoms with Gasteiger partial charge in [0.1, 0.15) is 0 Å². The van der Waals surface area contributed by atoms with Gasteiger partial charge in [-0.15, -0.1) is 0 Å². The molecular formula is C20H36O2Si. The molecule has 0 radical (unpaired) electrons. The van der Waals surface area contributed by atoms with Crippen LogP contribution in [0.2, 0.25) is 0 Å². The number of allylic oxidation sites excluding steroid dienone is 2. The van der Waals surface area contributed by atoms with E-state index in [0.717, 1.165) is 24.2 Å². The quantitative estimate of drug-likeness (QED) is 0.460. The highest BCUT2D eigenvalue weighted by Gasteiger charge is 2.47. The molecule has 1 saturated carbocycles. The summed E-state index contributed by atoms with van der Waals surface area (Å²) >= 11 is 0. The van der Waals surface area contributed by atoms with Crippen LogP contribution in [0.1, 0.15) is 79.1 Å². The van der Waals surface area contributed by atoms with E-state index in [1.54, 1.807) is 0 Å². The molecule has 3 atom stereocenters. The van der Waals surface area contributed by atoms with Crippen molar-refractivity contribution in [2.45, 2.75) is 79.1 Å². The third-order valence-corrected chi connectivity index (χ3v) is 6.58. The number of hydrogen-bond acceptors (Lipinski definition) is 2. The third-order valence-electron chi connectivity index (χ3n) is 6.12. The summed E-state index contributed by atoms with van der Waals surface area (Å²) in [6.07, 6.45) is 14.8. The first-order valence-electron chi connectivity index (χ1n) is 9.52. The predicted molar refractivity (Wildman–Crippen MR) is 100 cm³/mol. The minimum Gasteiger partial charge on any atom is -0.529 e. The van der Waals surface area contributed by atoms with Crippen molar-refractivity contribution in [3.05, 3.63) is 12.2 Å². The lowest BCUT2D eigenvalue weighted by Crippen LogP contribution is -2.31. The Morgan fingerprint density at radius 2 is 2.13 bits per heavy atom. The maximum absolute atomic E-state index is 11.8. The molecule has 0 heterocycles. The Morgan fingerprint density at radius 1 is 1.39 bits per heavy atom. The topological polar surface area (TPSA) is 26.3 Å². The molecule has 2 bridgehead atoms. The predicted octanol–water partition coefficient (Wildman–Crippen LogP) is 4.42. The van der Waals surface area contributed by atoms with Crippen LogP contribution < -0.4 is 0 Å². The zero-order valence-corrected chi connectivity index (χ0v) is 17.9. The molecule has 0 spiro atoms. The highest BCUT2D eigenvalue weighted by molar-refractivity contribution is 6.05. The highest BCUT2D eigenvalue weighted by Crippen LogP contribution is 2.57. The first kappa shape index (κ1) is 18.8. The van der Waals surface area contributed by atoms with Gasteiger partial charge in [0.05, 0.1) is 0 Å². The lowest BCUT2D eigenvalue weighted by molar-refractivity contribution is -0.136. The molecule has 2 aliphatic carbocycles. The van der Waals surface area contributed by atoms with Gasteiger partial charge < -0.3 is 4.43 Å². The van der Waals surface area contributed by atoms with Gasteiger partial charge >= 0.3 is 0 Å². The van der Waals surface area contributed by atoms with Crippen LogP contribution in [0, 0.1) is 28.6 Å². The van der Waals surface area contributed by atoms with E-state index < -0.39 is 0 Å². The summed E-state index contributed by atoms with van der Waals surface area (Å²) in [5, 5.41) is 0. The van der Waals surface area contributed by atoms with Crippen LogP contribution in [0.4, 0.5) is 0 Å². The normalized spacial score (nSPS) is 27.8. The fraction of sp³-hybridized carbons (Fsp3) is 0.850. The molecule has 2 aliphatic rings. The van der Waals surface area contributed by atoms with Crippen molar-refractivity contribution < 1.29 is 9.22 Å². The monoisotopic (exact) mass is 336 g/mol. The standard InChI is InChI=1S/C20H36O2Si/c1-15(2)6-5-7-17(13-19(3,4)14-18(21)22-23)20-10-8-16(12-20)9-11-20/h8,10,15-17H,5-7,9,11-14H2,1-4,23H3. The summed E-state index contributed by atoms with van der Waals surface area (Å²) in [4.78, 5) is 11.8. The van der Waals surface area contributed by atoms with Crippen LogP contribution in [0.3, 0.4) is 0 Å². The van der Waals surface area contributed by atoms with Crippen molar-refractivity contribution in [3.8, 4) is 0 Å². The maximum atomic E-state index is 11.8. The van der Waals surface area contributed by atoms with E-state index in [1.165, 1.54) is 38.5 Å². The van der Waals surface area contributed by atoms with Gasteiger partial charge in [-0.05, 0) is 60.7 Å². The minimum absolute atomic E-state index is 0.00800. The third kappa shape index (κ3) is 4.95. The molecular weight excluding hydrogens is 300 g/mol. The van der Waals surface area contributed by atoms with E-state index in [9.17, 15) is 4.79 Å². The van der Waals surface area contributed by atoms with Crippen LogP contribution in [0.5, 0.6) is 0 Å². The largest absolute Gasteiger partial charge is 0.529 e. The molecule has 0 aliphatic heterocycles. The van der Waals surface area contributed by atoms with Crippen molar-refractivity contribution in [2.75, 3.05) is 0 Å². The van der Waals surface area contributed by atoms with Gasteiger partial charge in [-0.3, -0.25) is 4.79 Å². The smallest absolute Gasteiger partial charge is 0.292 e. The molecule has 0 N–H and O–H groups in total. The van der Waals surface area contributed by atoms with Crippen LogP contribution in [-0.4, -0.2) is 16.5 Å². The number of rotatable bonds is 9. The van der Waals surface area contributed by atoms with Crippen LogP contribution >= 0.6 is 0 Å².